The minimum atomic E-state index is -3.70. The molecule has 0 unspecified atom stereocenters. The maximum atomic E-state index is 12.6. The molecule has 0 atom stereocenters. The lowest BCUT2D eigenvalue weighted by molar-refractivity contribution is 0.601. The molecule has 130 valence electrons. The fourth-order valence-electron chi connectivity index (χ4n) is 1.51. The van der Waals surface area contributed by atoms with Crippen LogP contribution in [0.4, 0.5) is 5.69 Å². The third-order valence-electron chi connectivity index (χ3n) is 2.61. The molecular weight excluding hydrogens is 420 g/mol. The topological polar surface area (TPSA) is 37.4 Å². The largest absolute Gasteiger partial charge is 0.248 e. The zero-order valence-corrected chi connectivity index (χ0v) is 17.0. The summed E-state index contributed by atoms with van der Waals surface area (Å²) >= 11 is 24.2. The summed E-state index contributed by atoms with van der Waals surface area (Å²) in [5.41, 5.74) is 0.418. The molecule has 0 fully saturated rings. The van der Waals surface area contributed by atoms with Gasteiger partial charge in [0, 0.05) is 11.9 Å². The molecule has 0 aromatic heterocycles. The molecule has 3 nitrogen and oxygen atoms in total. The van der Waals surface area contributed by atoms with E-state index in [9.17, 15) is 8.42 Å². The van der Waals surface area contributed by atoms with Gasteiger partial charge in [-0.1, -0.05) is 66.9 Å². The molecule has 23 heavy (non-hydrogen) atoms. The number of hydrogen-bond donors (Lipinski definition) is 0. The van der Waals surface area contributed by atoms with Gasteiger partial charge in [-0.15, -0.1) is 23.2 Å². The molecule has 0 radical (unpaired) electrons. The minimum Gasteiger partial charge on any atom is -0.208 e. The van der Waals surface area contributed by atoms with E-state index in [0.717, 1.165) is 16.6 Å². The van der Waals surface area contributed by atoms with E-state index in [1.54, 1.807) is 36.4 Å². The molecule has 0 aliphatic carbocycles. The third kappa shape index (κ3) is 6.92. The molecule has 1 rings (SSSR count). The number of para-hydroxylation sites is 1. The van der Waals surface area contributed by atoms with E-state index in [4.69, 9.17) is 46.4 Å². The monoisotopic (exact) mass is 435 g/mol. The summed E-state index contributed by atoms with van der Waals surface area (Å²) in [5.74, 6) is -0.173. The zero-order valence-electron chi connectivity index (χ0n) is 12.3. The Morgan fingerprint density at radius 3 is 2.35 bits per heavy atom. The number of nitrogens with zero attached hydrogens (tertiary/aromatic N) is 1. The Bertz CT molecular complexity index is 606. The number of unbranched alkanes of at least 4 members (excludes halogenated alkanes) is 1. The van der Waals surface area contributed by atoms with Gasteiger partial charge < -0.3 is 0 Å². The number of halogens is 4. The molecule has 0 saturated heterocycles. The molecule has 0 aliphatic rings. The summed E-state index contributed by atoms with van der Waals surface area (Å²) in [6.07, 6.45) is 5.19. The van der Waals surface area contributed by atoms with Crippen molar-refractivity contribution < 1.29 is 8.42 Å². The van der Waals surface area contributed by atoms with E-state index in [1.807, 2.05) is 13.0 Å². The maximum absolute atomic E-state index is 12.6. The van der Waals surface area contributed by atoms with Gasteiger partial charge in [-0.2, -0.15) is 0 Å². The number of allylic oxidation sites excluding steroid dienone is 1. The van der Waals surface area contributed by atoms with Crippen molar-refractivity contribution in [3.05, 3.63) is 42.5 Å². The smallest absolute Gasteiger partial charge is 0.208 e. The molecule has 0 amide bonds. The van der Waals surface area contributed by atoms with Crippen molar-refractivity contribution >= 4 is 74.1 Å². The van der Waals surface area contributed by atoms with Crippen LogP contribution < -0.4 is 3.71 Å². The first-order chi connectivity index (χ1) is 10.7. The second-order valence-electron chi connectivity index (χ2n) is 4.56. The molecule has 0 N–H and O–H groups in total. The number of hydrogen-bond acceptors (Lipinski definition) is 3. The van der Waals surface area contributed by atoms with Crippen LogP contribution in [-0.4, -0.2) is 22.7 Å². The fourth-order valence-corrected chi connectivity index (χ4v) is 4.89. The van der Waals surface area contributed by atoms with E-state index < -0.39 is 18.5 Å². The van der Waals surface area contributed by atoms with Gasteiger partial charge in [0.15, 0.2) is 4.84 Å². The molecule has 9 heteroatoms. The van der Waals surface area contributed by atoms with Crippen molar-refractivity contribution in [2.24, 2.45) is 0 Å². The van der Waals surface area contributed by atoms with Crippen molar-refractivity contribution in [1.29, 1.82) is 0 Å². The van der Waals surface area contributed by atoms with E-state index in [-0.39, 0.29) is 5.75 Å². The number of sulfonamides is 1. The van der Waals surface area contributed by atoms with Crippen molar-refractivity contribution in [3.63, 3.8) is 0 Å². The van der Waals surface area contributed by atoms with Crippen LogP contribution in [0.1, 0.15) is 19.8 Å². The number of benzene rings is 1. The Morgan fingerprint density at radius 2 is 1.83 bits per heavy atom. The molecule has 1 aromatic rings. The van der Waals surface area contributed by atoms with Crippen LogP contribution >= 0.6 is 58.4 Å². The van der Waals surface area contributed by atoms with Gasteiger partial charge in [0.25, 0.3) is 0 Å². The summed E-state index contributed by atoms with van der Waals surface area (Å²) in [6, 6.07) is 8.49. The SMILES string of the molecule is CCCC=CCS(=O)(=O)N(SC(Cl)(Cl)C(Cl)Cl)c1ccccc1. The van der Waals surface area contributed by atoms with Crippen LogP contribution in [-0.2, 0) is 10.0 Å². The normalized spacial score (nSPS) is 13.0. The molecule has 0 saturated carbocycles. The highest BCUT2D eigenvalue weighted by molar-refractivity contribution is 8.16. The second kappa shape index (κ2) is 9.64. The number of anilines is 1. The summed E-state index contributed by atoms with van der Waals surface area (Å²) in [4.78, 5) is -1.17. The van der Waals surface area contributed by atoms with E-state index in [0.29, 0.717) is 17.6 Å². The zero-order chi connectivity index (χ0) is 17.5. The van der Waals surface area contributed by atoms with Gasteiger partial charge in [-0.05, 0) is 18.6 Å². The predicted octanol–water partition coefficient (Wildman–Crippen LogP) is 5.76. The van der Waals surface area contributed by atoms with Gasteiger partial charge in [0.2, 0.25) is 13.7 Å². The van der Waals surface area contributed by atoms with E-state index >= 15 is 0 Å². The van der Waals surface area contributed by atoms with Crippen LogP contribution in [0.25, 0.3) is 0 Å². The van der Waals surface area contributed by atoms with Crippen LogP contribution in [0.15, 0.2) is 42.5 Å². The number of alkyl halides is 4. The van der Waals surface area contributed by atoms with Gasteiger partial charge in [-0.25, -0.2) is 12.1 Å². The number of rotatable bonds is 9. The molecule has 0 aliphatic heterocycles. The van der Waals surface area contributed by atoms with Crippen LogP contribution in [0.2, 0.25) is 0 Å². The highest BCUT2D eigenvalue weighted by Gasteiger charge is 2.39. The summed E-state index contributed by atoms with van der Waals surface area (Å²) in [6.45, 7) is 2.02. The van der Waals surface area contributed by atoms with Crippen LogP contribution in [0.5, 0.6) is 0 Å². The standard InChI is InChI=1S/C14H17Cl4NO2S2/c1-2-3-4-8-11-23(20,21)19(12-9-6-5-7-10-12)22-14(17,18)13(15)16/h4-10,13H,2-3,11H2,1H3. The average molecular weight is 437 g/mol. The van der Waals surface area contributed by atoms with E-state index in [1.165, 1.54) is 0 Å². The van der Waals surface area contributed by atoms with Crippen LogP contribution in [0, 0.1) is 0 Å². The van der Waals surface area contributed by atoms with Gasteiger partial charge in [0.05, 0.1) is 11.4 Å². The fraction of sp³-hybridized carbons (Fsp3) is 0.429. The summed E-state index contributed by atoms with van der Waals surface area (Å²) < 4.78 is 24.6. The minimum absolute atomic E-state index is 0.173. The van der Waals surface area contributed by atoms with Crippen molar-refractivity contribution in [2.45, 2.75) is 28.3 Å². The lowest BCUT2D eigenvalue weighted by atomic mass is 10.3. The Balaban J connectivity index is 3.09. The third-order valence-corrected chi connectivity index (χ3v) is 7.91. The maximum Gasteiger partial charge on any atom is 0.248 e. The summed E-state index contributed by atoms with van der Waals surface area (Å²) in [5, 5.41) is 0. The molecule has 0 spiro atoms. The Morgan fingerprint density at radius 1 is 1.22 bits per heavy atom. The predicted molar refractivity (Wildman–Crippen MR) is 104 cm³/mol. The Hall–Kier alpha value is 0.220. The Kier molecular flexibility index (Phi) is 8.91. The average Bonchev–Trinajstić information content (AvgIpc) is 2.50. The molecule has 0 bridgehead atoms. The van der Waals surface area contributed by atoms with Crippen molar-refractivity contribution in [3.8, 4) is 0 Å². The first-order valence-corrected chi connectivity index (χ1v) is 10.8. The van der Waals surface area contributed by atoms with Crippen molar-refractivity contribution in [2.75, 3.05) is 9.46 Å². The molecular formula is C14H17Cl4NO2S2. The Labute approximate surface area is 162 Å². The lowest BCUT2D eigenvalue weighted by Crippen LogP contribution is -2.32. The van der Waals surface area contributed by atoms with E-state index in [2.05, 4.69) is 0 Å². The second-order valence-corrected chi connectivity index (χ2v) is 10.8. The van der Waals surface area contributed by atoms with Gasteiger partial charge >= 0.3 is 0 Å². The van der Waals surface area contributed by atoms with Gasteiger partial charge in [-0.3, -0.25) is 0 Å². The first kappa shape index (κ1) is 21.3. The van der Waals surface area contributed by atoms with Crippen molar-refractivity contribution in [1.82, 2.24) is 0 Å². The highest BCUT2D eigenvalue weighted by atomic mass is 35.5. The quantitative estimate of drug-likeness (QED) is 0.280. The lowest BCUT2D eigenvalue weighted by Gasteiger charge is -2.29. The first-order valence-electron chi connectivity index (χ1n) is 6.79. The van der Waals surface area contributed by atoms with Crippen LogP contribution in [0.3, 0.4) is 0 Å². The molecule has 1 aromatic carbocycles. The highest BCUT2D eigenvalue weighted by Crippen LogP contribution is 2.46. The summed E-state index contributed by atoms with van der Waals surface area (Å²) in [7, 11) is -3.70. The molecule has 0 heterocycles. The van der Waals surface area contributed by atoms with Gasteiger partial charge in [0.1, 0.15) is 0 Å².